The van der Waals surface area contributed by atoms with Crippen molar-refractivity contribution in [3.05, 3.63) is 71.3 Å². The van der Waals surface area contributed by atoms with E-state index in [1.54, 1.807) is 0 Å². The van der Waals surface area contributed by atoms with Gasteiger partial charge in [-0.3, -0.25) is 0 Å². The predicted molar refractivity (Wildman–Crippen MR) is 66.0 cm³/mol. The number of hydrogen-bond donors (Lipinski definition) is 0. The van der Waals surface area contributed by atoms with E-state index >= 15 is 0 Å². The maximum atomic E-state index is 12.7. The zero-order valence-corrected chi connectivity index (χ0v) is 12.1. The van der Waals surface area contributed by atoms with E-state index in [4.69, 9.17) is 0 Å². The minimum absolute atomic E-state index is 0.183. The van der Waals surface area contributed by atoms with E-state index in [2.05, 4.69) is 0 Å². The van der Waals surface area contributed by atoms with E-state index in [9.17, 15) is 8.78 Å². The Morgan fingerprint density at radius 2 is 1.00 bits per heavy atom. The first kappa shape index (κ1) is 12.6. The van der Waals surface area contributed by atoms with Crippen molar-refractivity contribution in [3.63, 3.8) is 0 Å². The van der Waals surface area contributed by atoms with Crippen LogP contribution in [0.1, 0.15) is 11.1 Å². The molecule has 17 heavy (non-hydrogen) atoms. The van der Waals surface area contributed by atoms with Crippen LogP contribution in [0.15, 0.2) is 48.5 Å². The third-order valence-corrected chi connectivity index (χ3v) is 6.24. The number of benzene rings is 2. The molecule has 0 aliphatic carbocycles. The summed E-state index contributed by atoms with van der Waals surface area (Å²) in [4.78, 5) is 0. The summed E-state index contributed by atoms with van der Waals surface area (Å²) >= 11 is -0.532. The average Bonchev–Trinajstić information content (AvgIpc) is 2.34. The van der Waals surface area contributed by atoms with Gasteiger partial charge in [-0.15, -0.1) is 0 Å². The molecule has 0 N–H and O–H groups in total. The molecular formula is C14H12F2Sn+2. The van der Waals surface area contributed by atoms with Crippen LogP contribution < -0.4 is 0 Å². The Kier molecular flexibility index (Phi) is 4.54. The molecule has 0 aliphatic heterocycles. The molecule has 0 unspecified atom stereocenters. The Hall–Kier alpha value is -0.901. The molecule has 0 aromatic heterocycles. The third kappa shape index (κ3) is 4.11. The molecule has 0 atom stereocenters. The van der Waals surface area contributed by atoms with Gasteiger partial charge in [-0.1, -0.05) is 0 Å². The van der Waals surface area contributed by atoms with Gasteiger partial charge in [-0.25, -0.2) is 0 Å². The third-order valence-electron chi connectivity index (χ3n) is 2.48. The Balaban J connectivity index is 1.83. The van der Waals surface area contributed by atoms with Gasteiger partial charge in [0.25, 0.3) is 0 Å². The number of hydrogen-bond acceptors (Lipinski definition) is 0. The molecule has 2 aromatic rings. The fourth-order valence-corrected chi connectivity index (χ4v) is 4.91. The Morgan fingerprint density at radius 1 is 0.647 bits per heavy atom. The van der Waals surface area contributed by atoms with E-state index in [-0.39, 0.29) is 11.6 Å². The van der Waals surface area contributed by atoms with Crippen molar-refractivity contribution in [1.82, 2.24) is 0 Å². The first-order chi connectivity index (χ1) is 8.24. The van der Waals surface area contributed by atoms with E-state index in [0.29, 0.717) is 0 Å². The van der Waals surface area contributed by atoms with Gasteiger partial charge in [-0.2, -0.15) is 0 Å². The number of halogens is 2. The molecule has 0 amide bonds. The second-order valence-electron chi connectivity index (χ2n) is 3.86. The number of rotatable bonds is 4. The van der Waals surface area contributed by atoms with Gasteiger partial charge in [0.15, 0.2) is 0 Å². The van der Waals surface area contributed by atoms with Crippen LogP contribution in [0, 0.1) is 11.6 Å². The zero-order valence-electron chi connectivity index (χ0n) is 9.29. The Morgan fingerprint density at radius 3 is 1.35 bits per heavy atom. The van der Waals surface area contributed by atoms with Gasteiger partial charge < -0.3 is 0 Å². The van der Waals surface area contributed by atoms with Crippen LogP contribution in [0.4, 0.5) is 8.78 Å². The van der Waals surface area contributed by atoms with Crippen molar-refractivity contribution in [1.29, 1.82) is 0 Å². The van der Waals surface area contributed by atoms with Crippen molar-refractivity contribution in [3.8, 4) is 0 Å². The molecule has 0 nitrogen and oxygen atoms in total. The van der Waals surface area contributed by atoms with Gasteiger partial charge in [0.1, 0.15) is 0 Å². The van der Waals surface area contributed by atoms with Gasteiger partial charge in [0.05, 0.1) is 0 Å². The van der Waals surface area contributed by atoms with Crippen molar-refractivity contribution in [2.45, 2.75) is 8.87 Å². The maximum absolute atomic E-state index is 12.7. The topological polar surface area (TPSA) is 0 Å². The normalized spacial score (nSPS) is 10.0. The molecule has 0 bridgehead atoms. The minimum atomic E-state index is -0.532. The zero-order chi connectivity index (χ0) is 12.1. The Bertz CT molecular complexity index is 417. The molecule has 0 fully saturated rings. The van der Waals surface area contributed by atoms with E-state index in [1.807, 2.05) is 24.3 Å². The standard InChI is InChI=1S/2C7H6F.Sn/c2*1-6-2-4-7(8)5-3-6;/h2*2-5H,1H2;/q;;+2. The monoisotopic (exact) mass is 338 g/mol. The molecule has 84 valence electrons. The van der Waals surface area contributed by atoms with Gasteiger partial charge >= 0.3 is 110 Å². The SMILES string of the molecule is Fc1ccc([CH2][Sn+2][CH2]c2ccc(F)cc2)cc1. The molecule has 0 saturated carbocycles. The molecule has 2 rings (SSSR count). The molecule has 0 heterocycles. The summed E-state index contributed by atoms with van der Waals surface area (Å²) in [6.45, 7) is 0. The van der Waals surface area contributed by atoms with Crippen molar-refractivity contribution in [2.75, 3.05) is 0 Å². The molecule has 0 spiro atoms. The van der Waals surface area contributed by atoms with Crippen LogP contribution in [-0.4, -0.2) is 21.1 Å². The Labute approximate surface area is 110 Å². The molecule has 2 aromatic carbocycles. The van der Waals surface area contributed by atoms with E-state index in [0.717, 1.165) is 8.87 Å². The fourth-order valence-electron chi connectivity index (χ4n) is 1.56. The predicted octanol–water partition coefficient (Wildman–Crippen LogP) is 3.37. The first-order valence-electron chi connectivity index (χ1n) is 5.43. The van der Waals surface area contributed by atoms with Crippen LogP contribution in [0.25, 0.3) is 0 Å². The quantitative estimate of drug-likeness (QED) is 0.751. The van der Waals surface area contributed by atoms with E-state index in [1.165, 1.54) is 35.4 Å². The molecule has 0 aliphatic rings. The molecule has 3 heteroatoms. The summed E-state index contributed by atoms with van der Waals surface area (Å²) < 4.78 is 27.5. The summed E-state index contributed by atoms with van der Waals surface area (Å²) in [6, 6.07) is 13.4. The van der Waals surface area contributed by atoms with Crippen LogP contribution in [0.3, 0.4) is 0 Å². The van der Waals surface area contributed by atoms with Gasteiger partial charge in [0.2, 0.25) is 0 Å². The van der Waals surface area contributed by atoms with Crippen LogP contribution in [0.2, 0.25) is 0 Å². The fraction of sp³-hybridized carbons (Fsp3) is 0.143. The van der Waals surface area contributed by atoms with Crippen molar-refractivity contribution >= 4 is 21.1 Å². The summed E-state index contributed by atoms with van der Waals surface area (Å²) in [7, 11) is 0. The second-order valence-corrected chi connectivity index (χ2v) is 7.30. The molecule has 0 saturated heterocycles. The summed E-state index contributed by atoms with van der Waals surface area (Å²) in [6.07, 6.45) is 0. The van der Waals surface area contributed by atoms with Crippen molar-refractivity contribution < 1.29 is 8.78 Å². The van der Waals surface area contributed by atoms with Crippen LogP contribution >= 0.6 is 0 Å². The molecule has 0 radical (unpaired) electrons. The van der Waals surface area contributed by atoms with Gasteiger partial charge in [-0.05, 0) is 0 Å². The van der Waals surface area contributed by atoms with E-state index < -0.39 is 21.1 Å². The summed E-state index contributed by atoms with van der Waals surface area (Å²) in [5, 5.41) is 0. The summed E-state index contributed by atoms with van der Waals surface area (Å²) in [5.41, 5.74) is 2.42. The van der Waals surface area contributed by atoms with Gasteiger partial charge in [0, 0.05) is 0 Å². The average molecular weight is 337 g/mol. The van der Waals surface area contributed by atoms with Crippen molar-refractivity contribution in [2.24, 2.45) is 0 Å². The first-order valence-corrected chi connectivity index (χ1v) is 9.47. The summed E-state index contributed by atoms with van der Waals surface area (Å²) in [5.74, 6) is -0.365. The molecular weight excluding hydrogens is 325 g/mol. The second kappa shape index (κ2) is 6.15. The van der Waals surface area contributed by atoms with Crippen LogP contribution in [-0.2, 0) is 8.87 Å². The van der Waals surface area contributed by atoms with Crippen LogP contribution in [0.5, 0.6) is 0 Å².